The van der Waals surface area contributed by atoms with Gasteiger partial charge in [-0.1, -0.05) is 143 Å². The van der Waals surface area contributed by atoms with Crippen molar-refractivity contribution in [2.45, 2.75) is 0 Å². The van der Waals surface area contributed by atoms with Crippen LogP contribution in [-0.2, 0) is 0 Å². The molecular weight excluding hydrogens is 745 g/mol. The molecule has 4 aliphatic heterocycles. The summed E-state index contributed by atoms with van der Waals surface area (Å²) in [5, 5.41) is 0. The SMILES string of the molecule is CSC1=C(SC)SC(=Cc2ccc(C=C3SC4=C(S3)SC(=Cc3ccc(C=C5SC(SC)=C(SC)S5)cc3)S4)cc2)S1. The van der Waals surface area contributed by atoms with Gasteiger partial charge in [0.25, 0.3) is 0 Å². The molecule has 12 heteroatoms. The van der Waals surface area contributed by atoms with Crippen LogP contribution in [0.2, 0.25) is 0 Å². The standard InChI is InChI=1S/C30H24S12/c1-31-25-26(32-2)36-21(35-25)13-17-5-9-19(10-6-17)15-23-39-29-30(40-23)42-24(41-29)16-20-11-7-18(8-12-20)14-22-37-27(33-3)28(34-4)38-22/h5-16H,1-4H3. The van der Waals surface area contributed by atoms with Gasteiger partial charge in [0.05, 0.1) is 42.4 Å². The molecule has 0 unspecified atom stereocenters. The molecule has 0 aromatic heterocycles. The predicted octanol–water partition coefficient (Wildman–Crippen LogP) is 14.3. The second-order valence-corrected chi connectivity index (χ2v) is 22.8. The molecule has 0 spiro atoms. The Kier molecular flexibility index (Phi) is 12.2. The van der Waals surface area contributed by atoms with Crippen LogP contribution in [0.5, 0.6) is 0 Å². The van der Waals surface area contributed by atoms with E-state index in [1.54, 1.807) is 0 Å². The molecule has 0 amide bonds. The molecule has 2 aromatic rings. The first-order chi connectivity index (χ1) is 20.5. The molecule has 42 heavy (non-hydrogen) atoms. The van der Waals surface area contributed by atoms with Crippen molar-refractivity contribution in [2.75, 3.05) is 25.0 Å². The van der Waals surface area contributed by atoms with E-state index in [0.717, 1.165) is 0 Å². The molecule has 4 aliphatic rings. The van der Waals surface area contributed by atoms with Crippen molar-refractivity contribution in [1.29, 1.82) is 0 Å². The van der Waals surface area contributed by atoms with Gasteiger partial charge in [-0.3, -0.25) is 0 Å². The third-order valence-electron chi connectivity index (χ3n) is 5.80. The number of hydrogen-bond donors (Lipinski definition) is 0. The molecule has 0 saturated carbocycles. The molecule has 0 fully saturated rings. The third-order valence-corrected chi connectivity index (χ3v) is 21.3. The van der Waals surface area contributed by atoms with Crippen molar-refractivity contribution in [3.63, 3.8) is 0 Å². The Morgan fingerprint density at radius 3 is 0.786 bits per heavy atom. The Bertz CT molecular complexity index is 1410. The number of benzene rings is 2. The number of hydrogen-bond acceptors (Lipinski definition) is 12. The van der Waals surface area contributed by atoms with Crippen molar-refractivity contribution >= 4 is 165 Å². The normalized spacial score (nSPS) is 18.6. The van der Waals surface area contributed by atoms with E-state index in [0.29, 0.717) is 0 Å². The van der Waals surface area contributed by atoms with E-state index in [9.17, 15) is 0 Å². The fraction of sp³-hybridized carbons (Fsp3) is 0.133. The zero-order valence-electron chi connectivity index (χ0n) is 22.8. The van der Waals surface area contributed by atoms with Gasteiger partial charge in [0.1, 0.15) is 0 Å². The first-order valence-electron chi connectivity index (χ1n) is 12.4. The predicted molar refractivity (Wildman–Crippen MR) is 221 cm³/mol. The van der Waals surface area contributed by atoms with Crippen LogP contribution in [0.25, 0.3) is 24.3 Å². The van der Waals surface area contributed by atoms with Gasteiger partial charge in [0.15, 0.2) is 0 Å². The van der Waals surface area contributed by atoms with Crippen LogP contribution in [0.3, 0.4) is 0 Å². The van der Waals surface area contributed by atoms with Crippen LogP contribution < -0.4 is 0 Å². The van der Waals surface area contributed by atoms with E-state index in [-0.39, 0.29) is 0 Å². The zero-order valence-corrected chi connectivity index (χ0v) is 32.6. The summed E-state index contributed by atoms with van der Waals surface area (Å²) in [7, 11) is 0. The minimum atomic E-state index is 1.26. The van der Waals surface area contributed by atoms with Crippen LogP contribution in [0.15, 0.2) is 90.9 Å². The van der Waals surface area contributed by atoms with Crippen LogP contribution in [-0.4, -0.2) is 25.0 Å². The van der Waals surface area contributed by atoms with Crippen molar-refractivity contribution in [1.82, 2.24) is 0 Å². The molecule has 0 atom stereocenters. The van der Waals surface area contributed by atoms with Crippen molar-refractivity contribution in [3.8, 4) is 0 Å². The Labute approximate surface area is 300 Å². The summed E-state index contributed by atoms with van der Waals surface area (Å²) in [6.45, 7) is 0. The quantitative estimate of drug-likeness (QED) is 0.251. The number of thioether (sulfide) groups is 12. The Morgan fingerprint density at radius 2 is 0.571 bits per heavy atom. The highest BCUT2D eigenvalue weighted by Gasteiger charge is 2.30. The first-order valence-corrected chi connectivity index (χ1v) is 23.8. The smallest absolute Gasteiger partial charge is 0.0716 e. The van der Waals surface area contributed by atoms with Crippen molar-refractivity contribution < 1.29 is 0 Å². The Balaban J connectivity index is 1.02. The summed E-state index contributed by atoms with van der Waals surface area (Å²) in [4.78, 5) is 0. The lowest BCUT2D eigenvalue weighted by molar-refractivity contribution is 1.62. The van der Waals surface area contributed by atoms with E-state index >= 15 is 0 Å². The summed E-state index contributed by atoms with van der Waals surface area (Å²) in [6.07, 6.45) is 17.9. The maximum atomic E-state index is 2.32. The van der Waals surface area contributed by atoms with Gasteiger partial charge in [-0.05, 0) is 71.6 Å². The summed E-state index contributed by atoms with van der Waals surface area (Å²) >= 11 is 22.6. The maximum absolute atomic E-state index is 2.32. The zero-order chi connectivity index (χ0) is 29.1. The van der Waals surface area contributed by atoms with Gasteiger partial charge < -0.3 is 0 Å². The van der Waals surface area contributed by atoms with Gasteiger partial charge in [0, 0.05) is 0 Å². The summed E-state index contributed by atoms with van der Waals surface area (Å²) in [6, 6.07) is 17.9. The van der Waals surface area contributed by atoms with Crippen molar-refractivity contribution in [2.24, 2.45) is 0 Å². The maximum Gasteiger partial charge on any atom is 0.0716 e. The van der Waals surface area contributed by atoms with Crippen molar-refractivity contribution in [3.05, 3.63) is 113 Å². The molecule has 2 aromatic carbocycles. The van der Waals surface area contributed by atoms with Gasteiger partial charge in [-0.2, -0.15) is 0 Å². The van der Waals surface area contributed by atoms with Gasteiger partial charge in [0.2, 0.25) is 0 Å². The molecule has 4 heterocycles. The monoisotopic (exact) mass is 768 g/mol. The summed E-state index contributed by atoms with van der Waals surface area (Å²) in [5.41, 5.74) is 5.03. The van der Waals surface area contributed by atoms with E-state index < -0.39 is 0 Å². The first kappa shape index (κ1) is 32.7. The minimum absolute atomic E-state index is 1.26. The third kappa shape index (κ3) is 8.20. The average molecular weight is 769 g/mol. The van der Waals surface area contributed by atoms with E-state index in [2.05, 4.69) is 97.9 Å². The van der Waals surface area contributed by atoms with E-state index in [4.69, 9.17) is 0 Å². The topological polar surface area (TPSA) is 0 Å². The molecule has 0 bridgehead atoms. The van der Waals surface area contributed by atoms with Crippen LogP contribution in [0.4, 0.5) is 0 Å². The Morgan fingerprint density at radius 1 is 0.357 bits per heavy atom. The summed E-state index contributed by atoms with van der Waals surface area (Å²) in [5.74, 6) is 0. The second kappa shape index (κ2) is 15.6. The molecular formula is C30H24S12. The average Bonchev–Trinajstić information content (AvgIpc) is 3.77. The highest BCUT2D eigenvalue weighted by Crippen LogP contribution is 2.67. The largest absolute Gasteiger partial charge is 0.121 e. The fourth-order valence-electron chi connectivity index (χ4n) is 3.85. The lowest BCUT2D eigenvalue weighted by Gasteiger charge is -2.04. The van der Waals surface area contributed by atoms with Gasteiger partial charge in [-0.25, -0.2) is 0 Å². The van der Waals surface area contributed by atoms with Crippen LogP contribution >= 0.6 is 141 Å². The molecule has 6 rings (SSSR count). The minimum Gasteiger partial charge on any atom is -0.121 e. The van der Waals surface area contributed by atoms with Crippen LogP contribution in [0.1, 0.15) is 22.3 Å². The molecule has 216 valence electrons. The molecule has 0 radical (unpaired) electrons. The lowest BCUT2D eigenvalue weighted by atomic mass is 10.1. The molecule has 0 nitrogen and oxygen atoms in total. The van der Waals surface area contributed by atoms with Crippen LogP contribution in [0, 0.1) is 0 Å². The highest BCUT2D eigenvalue weighted by molar-refractivity contribution is 8.48. The second-order valence-electron chi connectivity index (χ2n) is 8.54. The van der Waals surface area contributed by atoms with E-state index in [1.165, 1.54) is 64.6 Å². The van der Waals surface area contributed by atoms with Gasteiger partial charge >= 0.3 is 0 Å². The number of rotatable bonds is 8. The summed E-state index contributed by atoms with van der Waals surface area (Å²) < 4.78 is 13.9. The highest BCUT2D eigenvalue weighted by atomic mass is 32.3. The van der Waals surface area contributed by atoms with E-state index in [1.807, 2.05) is 141 Å². The molecule has 0 saturated heterocycles. The van der Waals surface area contributed by atoms with Gasteiger partial charge in [-0.15, -0.1) is 47.0 Å². The lowest BCUT2D eigenvalue weighted by Crippen LogP contribution is -1.77. The Hall–Kier alpha value is 0.820. The molecule has 0 aliphatic carbocycles. The molecule has 0 N–H and O–H groups in total. The fourth-order valence-corrected chi connectivity index (χ4v) is 20.0.